The molecule has 2 aliphatic rings. The SMILES string of the molecule is C=C1CC[C@@H]2C(C)(C)CC(=O)C[C@]2(C)[C@H]1CC[C@@H](C)CCO. The Morgan fingerprint density at radius 3 is 2.59 bits per heavy atom. The van der Waals surface area contributed by atoms with Crippen molar-refractivity contribution >= 4 is 5.78 Å². The summed E-state index contributed by atoms with van der Waals surface area (Å²) in [6.45, 7) is 13.8. The predicted octanol–water partition coefficient (Wildman–Crippen LogP) is 4.76. The van der Waals surface area contributed by atoms with Crippen LogP contribution in [0, 0.1) is 28.6 Å². The number of aliphatic hydroxyl groups excluding tert-OH is 1. The van der Waals surface area contributed by atoms with E-state index >= 15 is 0 Å². The number of rotatable bonds is 5. The van der Waals surface area contributed by atoms with E-state index in [2.05, 4.69) is 34.3 Å². The monoisotopic (exact) mass is 306 g/mol. The number of hydrogen-bond donors (Lipinski definition) is 1. The highest BCUT2D eigenvalue weighted by molar-refractivity contribution is 5.81. The van der Waals surface area contributed by atoms with E-state index in [9.17, 15) is 4.79 Å². The largest absolute Gasteiger partial charge is 0.396 e. The van der Waals surface area contributed by atoms with Gasteiger partial charge in [-0.05, 0) is 54.3 Å². The van der Waals surface area contributed by atoms with Crippen LogP contribution in [0.5, 0.6) is 0 Å². The molecule has 0 aromatic carbocycles. The quantitative estimate of drug-likeness (QED) is 0.743. The molecular weight excluding hydrogens is 272 g/mol. The summed E-state index contributed by atoms with van der Waals surface area (Å²) in [7, 11) is 0. The molecule has 2 fully saturated rings. The average Bonchev–Trinajstić information content (AvgIpc) is 2.35. The molecule has 0 saturated heterocycles. The second kappa shape index (κ2) is 6.47. The first-order valence-electron chi connectivity index (χ1n) is 9.01. The van der Waals surface area contributed by atoms with E-state index in [1.807, 2.05) is 0 Å². The van der Waals surface area contributed by atoms with Crippen molar-refractivity contribution in [3.05, 3.63) is 12.2 Å². The number of aliphatic hydroxyl groups is 1. The number of Topliss-reactive ketones (excluding diaryl/α,β-unsaturated/α-hetero) is 1. The molecule has 2 rings (SSSR count). The lowest BCUT2D eigenvalue weighted by Gasteiger charge is -2.57. The van der Waals surface area contributed by atoms with Crippen LogP contribution >= 0.6 is 0 Å². The van der Waals surface area contributed by atoms with Crippen LogP contribution in [0.1, 0.15) is 72.6 Å². The summed E-state index contributed by atoms with van der Waals surface area (Å²) in [5, 5.41) is 9.10. The fraction of sp³-hybridized carbons (Fsp3) is 0.850. The molecule has 0 bridgehead atoms. The highest BCUT2D eigenvalue weighted by atomic mass is 16.3. The minimum Gasteiger partial charge on any atom is -0.396 e. The molecule has 2 saturated carbocycles. The fourth-order valence-corrected chi connectivity index (χ4v) is 5.54. The summed E-state index contributed by atoms with van der Waals surface area (Å²) in [5.74, 6) is 2.08. The molecule has 1 N–H and O–H groups in total. The van der Waals surface area contributed by atoms with Gasteiger partial charge in [-0.15, -0.1) is 0 Å². The zero-order valence-electron chi connectivity index (χ0n) is 15.0. The van der Waals surface area contributed by atoms with E-state index in [0.29, 0.717) is 23.5 Å². The summed E-state index contributed by atoms with van der Waals surface area (Å²) in [6.07, 6.45) is 6.92. The second-order valence-electron chi connectivity index (χ2n) is 8.88. The van der Waals surface area contributed by atoms with Crippen molar-refractivity contribution in [2.45, 2.75) is 72.6 Å². The molecule has 0 unspecified atom stereocenters. The molecule has 0 aromatic heterocycles. The summed E-state index contributed by atoms with van der Waals surface area (Å²) in [5.41, 5.74) is 1.58. The van der Waals surface area contributed by atoms with Gasteiger partial charge in [-0.1, -0.05) is 46.3 Å². The van der Waals surface area contributed by atoms with Gasteiger partial charge in [0.1, 0.15) is 5.78 Å². The average molecular weight is 306 g/mol. The van der Waals surface area contributed by atoms with Crippen LogP contribution in [0.2, 0.25) is 0 Å². The number of allylic oxidation sites excluding steroid dienone is 1. The third-order valence-corrected chi connectivity index (χ3v) is 6.58. The van der Waals surface area contributed by atoms with E-state index in [1.165, 1.54) is 12.0 Å². The van der Waals surface area contributed by atoms with Gasteiger partial charge in [0.2, 0.25) is 0 Å². The normalized spacial score (nSPS) is 36.0. The van der Waals surface area contributed by atoms with Gasteiger partial charge in [0.15, 0.2) is 0 Å². The highest BCUT2D eigenvalue weighted by Crippen LogP contribution is 2.61. The molecule has 2 aliphatic carbocycles. The molecule has 22 heavy (non-hydrogen) atoms. The van der Waals surface area contributed by atoms with Crippen LogP contribution in [-0.4, -0.2) is 17.5 Å². The first-order valence-corrected chi connectivity index (χ1v) is 9.01. The van der Waals surface area contributed by atoms with Crippen molar-refractivity contribution in [2.75, 3.05) is 6.61 Å². The van der Waals surface area contributed by atoms with Crippen molar-refractivity contribution in [1.82, 2.24) is 0 Å². The van der Waals surface area contributed by atoms with E-state index in [1.54, 1.807) is 0 Å². The molecule has 126 valence electrons. The minimum absolute atomic E-state index is 0.0904. The highest BCUT2D eigenvalue weighted by Gasteiger charge is 2.54. The maximum absolute atomic E-state index is 12.4. The Balaban J connectivity index is 2.19. The topological polar surface area (TPSA) is 37.3 Å². The van der Waals surface area contributed by atoms with Crippen molar-refractivity contribution in [3.63, 3.8) is 0 Å². The van der Waals surface area contributed by atoms with Crippen LogP contribution in [0.15, 0.2) is 12.2 Å². The third kappa shape index (κ3) is 3.32. The molecule has 0 spiro atoms. The number of carbonyl (C=O) groups is 1. The first kappa shape index (κ1) is 17.7. The zero-order chi connectivity index (χ0) is 16.5. The molecule has 0 amide bonds. The van der Waals surface area contributed by atoms with E-state index in [4.69, 9.17) is 5.11 Å². The number of fused-ring (bicyclic) bond motifs is 1. The molecule has 0 radical (unpaired) electrons. The summed E-state index contributed by atoms with van der Waals surface area (Å²) >= 11 is 0. The lowest BCUT2D eigenvalue weighted by Crippen LogP contribution is -2.52. The lowest BCUT2D eigenvalue weighted by atomic mass is 9.47. The predicted molar refractivity (Wildman–Crippen MR) is 91.6 cm³/mol. The smallest absolute Gasteiger partial charge is 0.134 e. The van der Waals surface area contributed by atoms with Crippen molar-refractivity contribution in [1.29, 1.82) is 0 Å². The molecular formula is C20H34O2. The Morgan fingerprint density at radius 2 is 1.95 bits per heavy atom. The fourth-order valence-electron chi connectivity index (χ4n) is 5.54. The van der Waals surface area contributed by atoms with E-state index in [0.717, 1.165) is 38.5 Å². The van der Waals surface area contributed by atoms with Gasteiger partial charge < -0.3 is 5.11 Å². The molecule has 0 aromatic rings. The van der Waals surface area contributed by atoms with Crippen LogP contribution in [0.3, 0.4) is 0 Å². The van der Waals surface area contributed by atoms with Crippen molar-refractivity contribution in [3.8, 4) is 0 Å². The Labute approximate surface area is 136 Å². The van der Waals surface area contributed by atoms with Crippen molar-refractivity contribution in [2.24, 2.45) is 28.6 Å². The summed E-state index contributed by atoms with van der Waals surface area (Å²) in [4.78, 5) is 12.4. The van der Waals surface area contributed by atoms with E-state index < -0.39 is 0 Å². The standard InChI is InChI=1S/C20H34O2/c1-14(10-11-21)6-8-17-15(2)7-9-18-19(3,4)12-16(22)13-20(17,18)5/h14,17-18,21H,2,6-13H2,1,3-5H3/t14-,17+,18-,20-/m1/s1. The Kier molecular flexibility index (Phi) is 5.21. The minimum atomic E-state index is 0.0904. The van der Waals surface area contributed by atoms with Gasteiger partial charge >= 0.3 is 0 Å². The molecule has 0 aliphatic heterocycles. The van der Waals surface area contributed by atoms with Gasteiger partial charge in [0.05, 0.1) is 0 Å². The first-order chi connectivity index (χ1) is 10.2. The summed E-state index contributed by atoms with van der Waals surface area (Å²) in [6, 6.07) is 0. The number of ketones is 1. The second-order valence-corrected chi connectivity index (χ2v) is 8.88. The Bertz CT molecular complexity index is 437. The van der Waals surface area contributed by atoms with Crippen molar-refractivity contribution < 1.29 is 9.90 Å². The zero-order valence-corrected chi connectivity index (χ0v) is 15.0. The van der Waals surface area contributed by atoms with Gasteiger partial charge in [-0.2, -0.15) is 0 Å². The van der Waals surface area contributed by atoms with E-state index in [-0.39, 0.29) is 17.4 Å². The van der Waals surface area contributed by atoms with Crippen LogP contribution < -0.4 is 0 Å². The number of carbonyl (C=O) groups excluding carboxylic acids is 1. The van der Waals surface area contributed by atoms with Crippen LogP contribution in [-0.2, 0) is 4.79 Å². The molecule has 2 heteroatoms. The Morgan fingerprint density at radius 1 is 1.27 bits per heavy atom. The van der Waals surface area contributed by atoms with Crippen LogP contribution in [0.4, 0.5) is 0 Å². The third-order valence-electron chi connectivity index (χ3n) is 6.58. The molecule has 2 nitrogen and oxygen atoms in total. The number of hydrogen-bond acceptors (Lipinski definition) is 2. The van der Waals surface area contributed by atoms with Gasteiger partial charge in [-0.25, -0.2) is 0 Å². The molecule has 0 heterocycles. The Hall–Kier alpha value is -0.630. The maximum atomic E-state index is 12.4. The summed E-state index contributed by atoms with van der Waals surface area (Å²) < 4.78 is 0. The van der Waals surface area contributed by atoms with Gasteiger partial charge in [-0.3, -0.25) is 4.79 Å². The maximum Gasteiger partial charge on any atom is 0.134 e. The lowest BCUT2D eigenvalue weighted by molar-refractivity contribution is -0.138. The van der Waals surface area contributed by atoms with Gasteiger partial charge in [0, 0.05) is 19.4 Å². The van der Waals surface area contributed by atoms with Crippen LogP contribution in [0.25, 0.3) is 0 Å². The molecule has 4 atom stereocenters. The van der Waals surface area contributed by atoms with Gasteiger partial charge in [0.25, 0.3) is 0 Å².